The Labute approximate surface area is 161 Å². The van der Waals surface area contributed by atoms with Gasteiger partial charge in [0.05, 0.1) is 18.7 Å². The highest BCUT2D eigenvalue weighted by Gasteiger charge is 2.32. The van der Waals surface area contributed by atoms with Crippen LogP contribution in [0.15, 0.2) is 24.5 Å². The number of aromatic nitrogens is 2. The molecule has 2 aliphatic heterocycles. The van der Waals surface area contributed by atoms with E-state index in [0.29, 0.717) is 23.7 Å². The number of likely N-dealkylation sites (N-methyl/N-ethyl adjacent to an activating group) is 1. The second kappa shape index (κ2) is 7.67. The van der Waals surface area contributed by atoms with Crippen LogP contribution < -0.4 is 15.5 Å². The SMILES string of the molecule is CN1CC(=O)N(C2CCNC2)Cc2c(NCc3cc(F)cc(F)c3)ncnc21. The first-order chi connectivity index (χ1) is 13.5. The van der Waals surface area contributed by atoms with Crippen molar-refractivity contribution in [3.8, 4) is 0 Å². The molecule has 2 N–H and O–H groups in total. The van der Waals surface area contributed by atoms with E-state index in [1.165, 1.54) is 18.5 Å². The van der Waals surface area contributed by atoms with E-state index in [4.69, 9.17) is 0 Å². The fourth-order valence-corrected chi connectivity index (χ4v) is 3.79. The van der Waals surface area contributed by atoms with Gasteiger partial charge in [-0.2, -0.15) is 0 Å². The van der Waals surface area contributed by atoms with Crippen molar-refractivity contribution in [2.45, 2.75) is 25.6 Å². The van der Waals surface area contributed by atoms with E-state index < -0.39 is 11.6 Å². The number of carbonyl (C=O) groups excluding carboxylic acids is 1. The van der Waals surface area contributed by atoms with Crippen LogP contribution in [0.5, 0.6) is 0 Å². The van der Waals surface area contributed by atoms with Gasteiger partial charge in [-0.05, 0) is 30.7 Å². The van der Waals surface area contributed by atoms with Gasteiger partial charge in [0.25, 0.3) is 0 Å². The summed E-state index contributed by atoms with van der Waals surface area (Å²) in [5.74, 6) is 0.0522. The van der Waals surface area contributed by atoms with E-state index in [0.717, 1.165) is 31.1 Å². The highest BCUT2D eigenvalue weighted by Crippen LogP contribution is 2.29. The van der Waals surface area contributed by atoms with Gasteiger partial charge in [-0.3, -0.25) is 4.79 Å². The van der Waals surface area contributed by atoms with Gasteiger partial charge < -0.3 is 20.4 Å². The number of benzene rings is 1. The molecule has 0 aliphatic carbocycles. The van der Waals surface area contributed by atoms with Crippen molar-refractivity contribution in [2.24, 2.45) is 0 Å². The van der Waals surface area contributed by atoms with Crippen molar-refractivity contribution in [1.29, 1.82) is 0 Å². The fourth-order valence-electron chi connectivity index (χ4n) is 3.79. The molecule has 1 saturated heterocycles. The third-order valence-electron chi connectivity index (χ3n) is 5.16. The second-order valence-corrected chi connectivity index (χ2v) is 7.18. The zero-order chi connectivity index (χ0) is 19.7. The summed E-state index contributed by atoms with van der Waals surface area (Å²) in [5, 5.41) is 6.45. The molecule has 4 rings (SSSR count). The Hall–Kier alpha value is -2.81. The minimum absolute atomic E-state index is 0.0485. The largest absolute Gasteiger partial charge is 0.366 e. The molecule has 148 valence electrons. The third-order valence-corrected chi connectivity index (χ3v) is 5.16. The molecule has 2 aliphatic rings. The normalized spacial score (nSPS) is 19.5. The van der Waals surface area contributed by atoms with Crippen LogP contribution in [0.4, 0.5) is 20.4 Å². The first kappa shape index (κ1) is 18.5. The molecule has 0 radical (unpaired) electrons. The van der Waals surface area contributed by atoms with Crippen molar-refractivity contribution in [1.82, 2.24) is 20.2 Å². The smallest absolute Gasteiger partial charge is 0.242 e. The molecule has 0 saturated carbocycles. The minimum Gasteiger partial charge on any atom is -0.366 e. The Morgan fingerprint density at radius 1 is 1.21 bits per heavy atom. The van der Waals surface area contributed by atoms with Gasteiger partial charge in [0, 0.05) is 32.2 Å². The zero-order valence-electron chi connectivity index (χ0n) is 15.6. The van der Waals surface area contributed by atoms with Crippen molar-refractivity contribution in [3.63, 3.8) is 0 Å². The Morgan fingerprint density at radius 3 is 2.71 bits per heavy atom. The van der Waals surface area contributed by atoms with E-state index >= 15 is 0 Å². The molecular formula is C19H22F2N6O. The first-order valence-electron chi connectivity index (χ1n) is 9.25. The van der Waals surface area contributed by atoms with Crippen molar-refractivity contribution in [2.75, 3.05) is 36.9 Å². The molecular weight excluding hydrogens is 366 g/mol. The highest BCUT2D eigenvalue weighted by molar-refractivity contribution is 5.84. The van der Waals surface area contributed by atoms with Crippen molar-refractivity contribution in [3.05, 3.63) is 47.3 Å². The van der Waals surface area contributed by atoms with Gasteiger partial charge in [0.15, 0.2) is 0 Å². The Balaban J connectivity index is 1.61. The molecule has 28 heavy (non-hydrogen) atoms. The summed E-state index contributed by atoms with van der Waals surface area (Å²) < 4.78 is 26.9. The number of fused-ring (bicyclic) bond motifs is 1. The van der Waals surface area contributed by atoms with E-state index in [1.807, 2.05) is 16.8 Å². The molecule has 1 atom stereocenters. The molecule has 1 amide bonds. The number of rotatable bonds is 4. The number of hydrogen-bond acceptors (Lipinski definition) is 6. The van der Waals surface area contributed by atoms with Gasteiger partial charge in [0.2, 0.25) is 5.91 Å². The van der Waals surface area contributed by atoms with Gasteiger partial charge in [-0.15, -0.1) is 0 Å². The molecule has 1 aromatic carbocycles. The molecule has 1 unspecified atom stereocenters. The second-order valence-electron chi connectivity index (χ2n) is 7.18. The molecule has 2 aromatic rings. The van der Waals surface area contributed by atoms with Crippen LogP contribution in [0.2, 0.25) is 0 Å². The molecule has 0 bridgehead atoms. The Kier molecular flexibility index (Phi) is 5.08. The van der Waals surface area contributed by atoms with E-state index in [-0.39, 0.29) is 25.0 Å². The summed E-state index contributed by atoms with van der Waals surface area (Å²) in [5.41, 5.74) is 1.28. The lowest BCUT2D eigenvalue weighted by Crippen LogP contribution is -2.43. The summed E-state index contributed by atoms with van der Waals surface area (Å²) in [6.45, 7) is 2.50. The fraction of sp³-hybridized carbons (Fsp3) is 0.421. The zero-order valence-corrected chi connectivity index (χ0v) is 15.6. The Morgan fingerprint density at radius 2 is 2.00 bits per heavy atom. The molecule has 1 fully saturated rings. The molecule has 0 spiro atoms. The maximum Gasteiger partial charge on any atom is 0.242 e. The molecule has 1 aromatic heterocycles. The number of anilines is 2. The number of hydrogen-bond donors (Lipinski definition) is 2. The summed E-state index contributed by atoms with van der Waals surface area (Å²) >= 11 is 0. The molecule has 9 heteroatoms. The van der Waals surface area contributed by atoms with Crippen LogP contribution in [0.3, 0.4) is 0 Å². The van der Waals surface area contributed by atoms with Crippen molar-refractivity contribution >= 4 is 17.5 Å². The van der Waals surface area contributed by atoms with E-state index in [2.05, 4.69) is 20.6 Å². The average Bonchev–Trinajstić information content (AvgIpc) is 3.14. The number of nitrogens with one attached hydrogen (secondary N) is 2. The number of amides is 1. The molecule has 7 nitrogen and oxygen atoms in total. The summed E-state index contributed by atoms with van der Waals surface area (Å²) in [7, 11) is 1.83. The maximum absolute atomic E-state index is 13.4. The topological polar surface area (TPSA) is 73.4 Å². The quantitative estimate of drug-likeness (QED) is 0.827. The predicted octanol–water partition coefficient (Wildman–Crippen LogP) is 1.51. The van der Waals surface area contributed by atoms with Crippen molar-refractivity contribution < 1.29 is 13.6 Å². The predicted molar refractivity (Wildman–Crippen MR) is 101 cm³/mol. The van der Waals surface area contributed by atoms with Crippen LogP contribution in [0.25, 0.3) is 0 Å². The standard InChI is InChI=1S/C19H22F2N6O/c1-26-10-17(28)27(15-2-3-22-8-15)9-16-18(24-11-25-19(16)26)23-7-12-4-13(20)6-14(21)5-12/h4-6,11,15,22H,2-3,7-10H2,1H3,(H,23,24,25). The number of nitrogens with zero attached hydrogens (tertiary/aromatic N) is 4. The van der Waals surface area contributed by atoms with E-state index in [9.17, 15) is 13.6 Å². The van der Waals surface area contributed by atoms with Crippen LogP contribution in [0, 0.1) is 11.6 Å². The summed E-state index contributed by atoms with van der Waals surface area (Å²) in [4.78, 5) is 25.1. The maximum atomic E-state index is 13.4. The van der Waals surface area contributed by atoms with Gasteiger partial charge >= 0.3 is 0 Å². The van der Waals surface area contributed by atoms with E-state index in [1.54, 1.807) is 0 Å². The highest BCUT2D eigenvalue weighted by atomic mass is 19.1. The first-order valence-corrected chi connectivity index (χ1v) is 9.25. The number of carbonyl (C=O) groups is 1. The van der Waals surface area contributed by atoms with Gasteiger partial charge in [-0.1, -0.05) is 0 Å². The van der Waals surface area contributed by atoms with Gasteiger partial charge in [0.1, 0.15) is 29.6 Å². The third kappa shape index (κ3) is 3.75. The minimum atomic E-state index is -0.622. The monoisotopic (exact) mass is 388 g/mol. The lowest BCUT2D eigenvalue weighted by Gasteiger charge is -2.27. The van der Waals surface area contributed by atoms with Crippen LogP contribution in [-0.4, -0.2) is 53.5 Å². The average molecular weight is 388 g/mol. The summed E-state index contributed by atoms with van der Waals surface area (Å²) in [6, 6.07) is 3.54. The lowest BCUT2D eigenvalue weighted by atomic mass is 10.1. The van der Waals surface area contributed by atoms with Crippen LogP contribution >= 0.6 is 0 Å². The molecule has 3 heterocycles. The van der Waals surface area contributed by atoms with Crippen LogP contribution in [0.1, 0.15) is 17.5 Å². The number of halogens is 2. The lowest BCUT2D eigenvalue weighted by molar-refractivity contribution is -0.132. The Bertz CT molecular complexity index is 866. The van der Waals surface area contributed by atoms with Crippen LogP contribution in [-0.2, 0) is 17.9 Å². The summed E-state index contributed by atoms with van der Waals surface area (Å²) in [6.07, 6.45) is 2.34. The van der Waals surface area contributed by atoms with Gasteiger partial charge in [-0.25, -0.2) is 18.7 Å².